The highest BCUT2D eigenvalue weighted by Crippen LogP contribution is 2.24. The van der Waals surface area contributed by atoms with Crippen LogP contribution < -0.4 is 22.5 Å². The average Bonchev–Trinajstić information content (AvgIpc) is 3.09. The van der Waals surface area contributed by atoms with Gasteiger partial charge in [0.15, 0.2) is 0 Å². The first kappa shape index (κ1) is 44.2. The van der Waals surface area contributed by atoms with Crippen molar-refractivity contribution in [3.63, 3.8) is 0 Å². The molecule has 292 valence electrons. The van der Waals surface area contributed by atoms with Crippen molar-refractivity contribution in [3.8, 4) is 0 Å². The Morgan fingerprint density at radius 2 is 1.07 bits per heavy atom. The quantitative estimate of drug-likeness (QED) is 0.0979. The number of amides is 3. The molecule has 7 N–H and O–H groups in total. The van der Waals surface area contributed by atoms with E-state index in [2.05, 4.69) is 5.32 Å². The highest BCUT2D eigenvalue weighted by molar-refractivity contribution is 6.30. The summed E-state index contributed by atoms with van der Waals surface area (Å²) in [5.41, 5.74) is 17.6. The predicted octanol–water partition coefficient (Wildman–Crippen LogP) is 7.21. The molecule has 0 aromatic heterocycles. The second-order valence-electron chi connectivity index (χ2n) is 13.8. The lowest BCUT2D eigenvalue weighted by Crippen LogP contribution is -2.35. The molecule has 3 amide bonds. The van der Waals surface area contributed by atoms with Gasteiger partial charge in [0.1, 0.15) is 28.8 Å². The minimum absolute atomic E-state index is 0.0213. The number of ether oxygens (including phenoxy) is 1. The molecule has 4 aromatic rings. The molecule has 0 aliphatic carbocycles. The SMILES string of the molecule is CC(C)(C)OC(=O)NCC(CC(=O)Cc1ccc(C(N)=O)c(F)c1)c1ccc(Cl)cc1.NCC(CC(=O)Cc1ccc(C(N)=O)c(F)c1)c1ccc(Cl)cc1. The van der Waals surface area contributed by atoms with Gasteiger partial charge in [-0.25, -0.2) is 13.6 Å². The van der Waals surface area contributed by atoms with Crippen LogP contribution in [0.5, 0.6) is 0 Å². The molecule has 0 bridgehead atoms. The number of rotatable bonds is 15. The van der Waals surface area contributed by atoms with E-state index in [0.29, 0.717) is 27.7 Å². The van der Waals surface area contributed by atoms with Gasteiger partial charge in [-0.1, -0.05) is 59.6 Å². The van der Waals surface area contributed by atoms with Crippen molar-refractivity contribution in [3.05, 3.63) is 140 Å². The Bertz CT molecular complexity index is 1990. The lowest BCUT2D eigenvalue weighted by molar-refractivity contribution is -0.119. The molecule has 0 saturated carbocycles. The van der Waals surface area contributed by atoms with E-state index in [-0.39, 0.29) is 66.8 Å². The highest BCUT2D eigenvalue weighted by atomic mass is 35.5. The minimum atomic E-state index is -0.869. The van der Waals surface area contributed by atoms with Crippen LogP contribution in [0, 0.1) is 11.6 Å². The molecule has 4 rings (SSSR count). The standard InChI is InChI=1S/C23H26ClFN2O4.C18H18ClFN2O2/c1-23(2,3)31-22(30)27-13-16(15-5-7-17(24)8-6-15)12-18(28)10-14-4-9-19(21(26)29)20(25)11-14;19-14-4-2-12(3-5-14)13(10-21)9-15(23)7-11-1-6-16(18(22)24)17(20)8-11/h4-9,11,16H,10,12-13H2,1-3H3,(H2,26,29)(H,27,30);1-6,8,13H,7,9-10,21H2,(H2,22,24). The number of hydrogen-bond acceptors (Lipinski definition) is 7. The Labute approximate surface area is 328 Å². The number of primary amides is 2. The van der Waals surface area contributed by atoms with Crippen molar-refractivity contribution in [1.29, 1.82) is 0 Å². The van der Waals surface area contributed by atoms with Gasteiger partial charge in [-0.05, 0) is 98.1 Å². The van der Waals surface area contributed by atoms with E-state index in [1.165, 1.54) is 24.3 Å². The number of benzene rings is 4. The number of halogens is 4. The van der Waals surface area contributed by atoms with Crippen LogP contribution in [0.4, 0.5) is 13.6 Å². The van der Waals surface area contributed by atoms with Crippen LogP contribution in [0.25, 0.3) is 0 Å². The molecule has 0 heterocycles. The first-order valence-electron chi connectivity index (χ1n) is 17.2. The van der Waals surface area contributed by atoms with Gasteiger partial charge in [-0.2, -0.15) is 0 Å². The number of alkyl carbamates (subject to hydrolysis) is 1. The Morgan fingerprint density at radius 3 is 1.44 bits per heavy atom. The first-order valence-corrected chi connectivity index (χ1v) is 18.0. The summed E-state index contributed by atoms with van der Waals surface area (Å²) in [4.78, 5) is 59.1. The zero-order valence-corrected chi connectivity index (χ0v) is 32.2. The smallest absolute Gasteiger partial charge is 0.407 e. The molecular formula is C41H44Cl2F2N4O6. The number of carbonyl (C=O) groups excluding carboxylic acids is 5. The van der Waals surface area contributed by atoms with E-state index < -0.39 is 35.1 Å². The van der Waals surface area contributed by atoms with Gasteiger partial charge in [0.25, 0.3) is 11.8 Å². The molecule has 0 radical (unpaired) electrons. The topological polar surface area (TPSA) is 185 Å². The number of hydrogen-bond donors (Lipinski definition) is 4. The van der Waals surface area contributed by atoms with E-state index in [9.17, 15) is 32.8 Å². The lowest BCUT2D eigenvalue weighted by Gasteiger charge is -2.22. The van der Waals surface area contributed by atoms with Crippen molar-refractivity contribution in [1.82, 2.24) is 5.32 Å². The molecule has 55 heavy (non-hydrogen) atoms. The maximum absolute atomic E-state index is 14.0. The second kappa shape index (κ2) is 20.5. The van der Waals surface area contributed by atoms with E-state index in [1.54, 1.807) is 57.2 Å². The molecule has 4 aromatic carbocycles. The minimum Gasteiger partial charge on any atom is -0.444 e. The number of carbonyl (C=O) groups is 5. The Kier molecular flexibility index (Phi) is 16.5. The summed E-state index contributed by atoms with van der Waals surface area (Å²) < 4.78 is 33.0. The van der Waals surface area contributed by atoms with Crippen LogP contribution in [0.15, 0.2) is 84.9 Å². The van der Waals surface area contributed by atoms with E-state index >= 15 is 0 Å². The fourth-order valence-electron chi connectivity index (χ4n) is 5.52. The Hall–Kier alpha value is -5.17. The molecule has 0 saturated heterocycles. The zero-order chi connectivity index (χ0) is 40.9. The zero-order valence-electron chi connectivity index (χ0n) is 30.7. The maximum Gasteiger partial charge on any atom is 0.407 e. The van der Waals surface area contributed by atoms with Crippen molar-refractivity contribution < 1.29 is 37.5 Å². The maximum atomic E-state index is 14.0. The monoisotopic (exact) mass is 796 g/mol. The van der Waals surface area contributed by atoms with Crippen LogP contribution in [0.2, 0.25) is 10.0 Å². The van der Waals surface area contributed by atoms with Gasteiger partial charge in [0.2, 0.25) is 0 Å². The molecule has 0 aliphatic rings. The van der Waals surface area contributed by atoms with Crippen molar-refractivity contribution in [2.45, 2.75) is 63.9 Å². The summed E-state index contributed by atoms with van der Waals surface area (Å²) in [5, 5.41) is 3.86. The first-order chi connectivity index (χ1) is 25.8. The molecule has 0 fully saturated rings. The van der Waals surface area contributed by atoms with Crippen molar-refractivity contribution >= 4 is 52.7 Å². The van der Waals surface area contributed by atoms with Gasteiger partial charge < -0.3 is 27.3 Å². The molecule has 0 spiro atoms. The lowest BCUT2D eigenvalue weighted by atomic mass is 9.91. The summed E-state index contributed by atoms with van der Waals surface area (Å²) in [5.74, 6) is -3.86. The van der Waals surface area contributed by atoms with E-state index in [0.717, 1.165) is 23.3 Å². The number of Topliss-reactive ketones (excluding diaryl/α,β-unsaturated/α-hetero) is 2. The van der Waals surface area contributed by atoms with Gasteiger partial charge in [0, 0.05) is 54.1 Å². The number of nitrogens with one attached hydrogen (secondary N) is 1. The number of ketones is 2. The third kappa shape index (κ3) is 14.9. The predicted molar refractivity (Wildman–Crippen MR) is 208 cm³/mol. The highest BCUT2D eigenvalue weighted by Gasteiger charge is 2.22. The number of nitrogens with two attached hydrogens (primary N) is 3. The van der Waals surface area contributed by atoms with E-state index in [4.69, 9.17) is 45.1 Å². The average molecular weight is 798 g/mol. The fourth-order valence-corrected chi connectivity index (χ4v) is 5.77. The van der Waals surface area contributed by atoms with Gasteiger partial charge in [0.05, 0.1) is 11.1 Å². The summed E-state index contributed by atoms with van der Waals surface area (Å²) in [7, 11) is 0. The normalized spacial score (nSPS) is 12.1. The van der Waals surface area contributed by atoms with Crippen LogP contribution in [0.1, 0.15) is 88.4 Å². The molecule has 2 unspecified atom stereocenters. The molecule has 10 nitrogen and oxygen atoms in total. The molecular weight excluding hydrogens is 753 g/mol. The Morgan fingerprint density at radius 1 is 0.673 bits per heavy atom. The summed E-state index contributed by atoms with van der Waals surface area (Å²) in [6.07, 6.45) is -0.177. The third-order valence-corrected chi connectivity index (χ3v) is 8.71. The van der Waals surface area contributed by atoms with Crippen molar-refractivity contribution in [2.24, 2.45) is 17.2 Å². The second-order valence-corrected chi connectivity index (χ2v) is 14.7. The fraction of sp³-hybridized carbons (Fsp3) is 0.293. The molecule has 0 aliphatic heterocycles. The third-order valence-electron chi connectivity index (χ3n) is 8.21. The summed E-state index contributed by atoms with van der Waals surface area (Å²) in [6.45, 7) is 5.78. The largest absolute Gasteiger partial charge is 0.444 e. The van der Waals surface area contributed by atoms with Crippen LogP contribution in [0.3, 0.4) is 0 Å². The van der Waals surface area contributed by atoms with Crippen LogP contribution >= 0.6 is 23.2 Å². The van der Waals surface area contributed by atoms with Crippen molar-refractivity contribution in [2.75, 3.05) is 13.1 Å². The summed E-state index contributed by atoms with van der Waals surface area (Å²) >= 11 is 11.8. The van der Waals surface area contributed by atoms with Gasteiger partial charge in [-0.3, -0.25) is 19.2 Å². The summed E-state index contributed by atoms with van der Waals surface area (Å²) in [6, 6.07) is 22.1. The van der Waals surface area contributed by atoms with Gasteiger partial charge >= 0.3 is 6.09 Å². The van der Waals surface area contributed by atoms with E-state index in [1.807, 2.05) is 12.1 Å². The molecule has 2 atom stereocenters. The Balaban J connectivity index is 0.000000305. The van der Waals surface area contributed by atoms with Crippen LogP contribution in [-0.2, 0) is 27.2 Å². The molecule has 14 heteroatoms. The van der Waals surface area contributed by atoms with Crippen LogP contribution in [-0.4, -0.2) is 48.2 Å². The van der Waals surface area contributed by atoms with Gasteiger partial charge in [-0.15, -0.1) is 0 Å².